The number of ether oxygens (including phenoxy) is 2. The first kappa shape index (κ1) is 24.7. The lowest BCUT2D eigenvalue weighted by Gasteiger charge is -2.33. The maximum Gasteiger partial charge on any atom is 0.410 e. The summed E-state index contributed by atoms with van der Waals surface area (Å²) < 4.78 is 14.7. The van der Waals surface area contributed by atoms with E-state index >= 15 is 0 Å². The van der Waals surface area contributed by atoms with Crippen molar-refractivity contribution in [1.29, 1.82) is 0 Å². The molecule has 5 rings (SSSR count). The van der Waals surface area contributed by atoms with Crippen molar-refractivity contribution in [2.24, 2.45) is 5.92 Å². The van der Waals surface area contributed by atoms with Crippen molar-refractivity contribution < 1.29 is 14.3 Å². The minimum absolute atomic E-state index is 0.265. The summed E-state index contributed by atoms with van der Waals surface area (Å²) in [5.74, 6) is 1.22. The first-order valence-corrected chi connectivity index (χ1v) is 12.6. The smallest absolute Gasteiger partial charge is 0.410 e. The fraction of sp³-hybridized carbons (Fsp3) is 0.444. The first-order valence-electron chi connectivity index (χ1n) is 12.6. The number of carbonyl (C=O) groups excluding carboxylic acids is 1. The van der Waals surface area contributed by atoms with Crippen LogP contribution in [0.3, 0.4) is 0 Å². The molecule has 1 aliphatic rings. The molecule has 0 bridgehead atoms. The molecule has 4 heterocycles. The zero-order chi connectivity index (χ0) is 26.0. The molecule has 4 aromatic heterocycles. The van der Waals surface area contributed by atoms with Gasteiger partial charge in [0.25, 0.3) is 0 Å². The minimum Gasteiger partial charge on any atom is -0.495 e. The molecule has 0 aromatic carbocycles. The molecule has 0 unspecified atom stereocenters. The van der Waals surface area contributed by atoms with E-state index in [9.17, 15) is 4.79 Å². The highest BCUT2D eigenvalue weighted by molar-refractivity contribution is 5.68. The average Bonchev–Trinajstić information content (AvgIpc) is 3.45. The molecule has 1 saturated carbocycles. The predicted molar refractivity (Wildman–Crippen MR) is 138 cm³/mol. The second-order valence-electron chi connectivity index (χ2n) is 10.6. The van der Waals surface area contributed by atoms with Gasteiger partial charge in [-0.2, -0.15) is 0 Å². The minimum atomic E-state index is -0.525. The van der Waals surface area contributed by atoms with Crippen molar-refractivity contribution >= 4 is 11.7 Å². The number of hydrogen-bond acceptors (Lipinski definition) is 7. The molecule has 1 aliphatic carbocycles. The normalized spacial score (nSPS) is 13.9. The van der Waals surface area contributed by atoms with E-state index in [0.717, 1.165) is 29.0 Å². The fourth-order valence-electron chi connectivity index (χ4n) is 4.34. The van der Waals surface area contributed by atoms with Crippen LogP contribution in [-0.4, -0.2) is 59.6 Å². The monoisotopic (exact) mass is 503 g/mol. The zero-order valence-corrected chi connectivity index (χ0v) is 21.8. The Kier molecular flexibility index (Phi) is 6.82. The molecule has 0 aliphatic heterocycles. The number of hydrogen-bond donors (Lipinski definition) is 0. The summed E-state index contributed by atoms with van der Waals surface area (Å²) in [6.45, 7) is 7.40. The summed E-state index contributed by atoms with van der Waals surface area (Å²) in [5, 5.41) is 8.52. The van der Waals surface area contributed by atoms with E-state index in [-0.39, 0.29) is 6.09 Å². The summed E-state index contributed by atoms with van der Waals surface area (Å²) in [4.78, 5) is 23.7. The van der Waals surface area contributed by atoms with Crippen molar-refractivity contribution in [2.75, 3.05) is 13.7 Å². The van der Waals surface area contributed by atoms with Gasteiger partial charge in [0.15, 0.2) is 0 Å². The van der Waals surface area contributed by atoms with Crippen LogP contribution in [0.1, 0.15) is 51.3 Å². The number of nitrogens with zero attached hydrogens (tertiary/aromatic N) is 7. The summed E-state index contributed by atoms with van der Waals surface area (Å²) in [5.41, 5.74) is 3.74. The van der Waals surface area contributed by atoms with Crippen LogP contribution in [0.25, 0.3) is 16.9 Å². The van der Waals surface area contributed by atoms with Gasteiger partial charge in [-0.05, 0) is 57.2 Å². The highest BCUT2D eigenvalue weighted by atomic mass is 16.6. The number of pyridine rings is 2. The lowest BCUT2D eigenvalue weighted by atomic mass is 9.85. The van der Waals surface area contributed by atoms with Gasteiger partial charge < -0.3 is 18.8 Å². The Hall–Kier alpha value is -3.95. The van der Waals surface area contributed by atoms with Crippen LogP contribution in [0.4, 0.5) is 4.79 Å². The molecule has 1 fully saturated rings. The molecule has 37 heavy (non-hydrogen) atoms. The number of amides is 1. The lowest BCUT2D eigenvalue weighted by molar-refractivity contribution is 0.0173. The van der Waals surface area contributed by atoms with Crippen molar-refractivity contribution in [3.8, 4) is 17.0 Å². The van der Waals surface area contributed by atoms with Crippen molar-refractivity contribution in [1.82, 2.24) is 34.3 Å². The van der Waals surface area contributed by atoms with E-state index < -0.39 is 5.60 Å². The molecule has 10 heteroatoms. The van der Waals surface area contributed by atoms with Gasteiger partial charge in [0.2, 0.25) is 0 Å². The van der Waals surface area contributed by atoms with E-state index in [2.05, 4.69) is 15.3 Å². The van der Waals surface area contributed by atoms with Gasteiger partial charge in [0, 0.05) is 30.7 Å². The van der Waals surface area contributed by atoms with Crippen LogP contribution in [0.5, 0.6) is 5.75 Å². The van der Waals surface area contributed by atoms with Gasteiger partial charge in [-0.1, -0.05) is 17.7 Å². The maximum absolute atomic E-state index is 12.9. The molecule has 0 N–H and O–H groups in total. The Balaban J connectivity index is 1.30. The number of imidazole rings is 1. The predicted octanol–water partition coefficient (Wildman–Crippen LogP) is 4.58. The van der Waals surface area contributed by atoms with Crippen molar-refractivity contribution in [2.45, 2.75) is 58.7 Å². The number of carbonyl (C=O) groups is 1. The summed E-state index contributed by atoms with van der Waals surface area (Å²) >= 11 is 0. The lowest BCUT2D eigenvalue weighted by Crippen LogP contribution is -2.40. The fourth-order valence-corrected chi connectivity index (χ4v) is 4.34. The maximum atomic E-state index is 12.9. The molecule has 0 atom stereocenters. The SMILES string of the molecule is COc1cncc(-c2cn(Cc3cn4cc(CN(CC5CCC5)C(=O)OC(C)(C)C)ccc4n3)nn2)c1. The van der Waals surface area contributed by atoms with Crippen molar-refractivity contribution in [3.63, 3.8) is 0 Å². The summed E-state index contributed by atoms with van der Waals surface area (Å²) in [7, 11) is 1.61. The quantitative estimate of drug-likeness (QED) is 0.347. The standard InChI is InChI=1S/C27H33N7O3/c1-27(2,3)37-26(35)33(13-19-6-5-7-19)15-20-8-9-25-29-22(16-32(25)14-20)17-34-18-24(30-31-34)21-10-23(36-4)12-28-11-21/h8-12,14,16,18-19H,5-7,13,15,17H2,1-4H3. The third kappa shape index (κ3) is 6.07. The van der Waals surface area contributed by atoms with E-state index in [4.69, 9.17) is 14.5 Å². The van der Waals surface area contributed by atoms with Crippen LogP contribution >= 0.6 is 0 Å². The average molecular weight is 504 g/mol. The molecular weight excluding hydrogens is 470 g/mol. The molecule has 4 aromatic rings. The van der Waals surface area contributed by atoms with Crippen molar-refractivity contribution in [3.05, 3.63) is 60.4 Å². The van der Waals surface area contributed by atoms with E-state index in [1.165, 1.54) is 19.3 Å². The van der Waals surface area contributed by atoms with Gasteiger partial charge in [-0.15, -0.1) is 5.10 Å². The van der Waals surface area contributed by atoms with Crippen LogP contribution < -0.4 is 4.74 Å². The molecule has 0 radical (unpaired) electrons. The third-order valence-corrected chi connectivity index (χ3v) is 6.40. The van der Waals surface area contributed by atoms with Gasteiger partial charge >= 0.3 is 6.09 Å². The molecule has 194 valence electrons. The molecule has 0 saturated heterocycles. The molecule has 10 nitrogen and oxygen atoms in total. The highest BCUT2D eigenvalue weighted by Crippen LogP contribution is 2.28. The van der Waals surface area contributed by atoms with E-state index in [0.29, 0.717) is 30.5 Å². The second kappa shape index (κ2) is 10.2. The topological polar surface area (TPSA) is 99.7 Å². The Morgan fingerprint density at radius 3 is 2.73 bits per heavy atom. The third-order valence-electron chi connectivity index (χ3n) is 6.40. The second-order valence-corrected chi connectivity index (χ2v) is 10.6. The Morgan fingerprint density at radius 2 is 2.00 bits per heavy atom. The number of aromatic nitrogens is 6. The largest absolute Gasteiger partial charge is 0.495 e. The van der Waals surface area contributed by atoms with E-state index in [1.807, 2.05) is 66.9 Å². The van der Waals surface area contributed by atoms with E-state index in [1.54, 1.807) is 24.2 Å². The van der Waals surface area contributed by atoms with Gasteiger partial charge in [0.05, 0.1) is 38.3 Å². The molecule has 0 spiro atoms. The van der Waals surface area contributed by atoms with Crippen LogP contribution in [0.2, 0.25) is 0 Å². The first-order chi connectivity index (χ1) is 17.8. The summed E-state index contributed by atoms with van der Waals surface area (Å²) in [6, 6.07) is 5.87. The zero-order valence-electron chi connectivity index (χ0n) is 21.8. The number of methoxy groups -OCH3 is 1. The molecule has 1 amide bonds. The number of rotatable bonds is 8. The van der Waals surface area contributed by atoms with Gasteiger partial charge in [0.1, 0.15) is 22.7 Å². The molecular formula is C27H33N7O3. The number of fused-ring (bicyclic) bond motifs is 1. The van der Waals surface area contributed by atoms with Crippen LogP contribution in [-0.2, 0) is 17.8 Å². The highest BCUT2D eigenvalue weighted by Gasteiger charge is 2.27. The Bertz CT molecular complexity index is 1380. The summed E-state index contributed by atoms with van der Waals surface area (Å²) in [6.07, 6.45) is 12.6. The Morgan fingerprint density at radius 1 is 1.16 bits per heavy atom. The van der Waals surface area contributed by atoms with Crippen LogP contribution in [0, 0.1) is 5.92 Å². The Labute approximate surface area is 216 Å². The van der Waals surface area contributed by atoms with Crippen LogP contribution in [0.15, 0.2) is 49.2 Å². The van der Waals surface area contributed by atoms with Gasteiger partial charge in [-0.25, -0.2) is 14.5 Å². The van der Waals surface area contributed by atoms with Gasteiger partial charge in [-0.3, -0.25) is 4.98 Å².